The fourth-order valence-corrected chi connectivity index (χ4v) is 1.82. The predicted octanol–water partition coefficient (Wildman–Crippen LogP) is -0.650. The van der Waals surface area contributed by atoms with Gasteiger partial charge in [-0.1, -0.05) is 0 Å². The molecule has 6 heteroatoms. The first-order valence-corrected chi connectivity index (χ1v) is 6.46. The molecule has 0 bridgehead atoms. The summed E-state index contributed by atoms with van der Waals surface area (Å²) in [7, 11) is 1.61. The second-order valence-corrected chi connectivity index (χ2v) is 4.46. The van der Waals surface area contributed by atoms with Crippen LogP contribution in [-0.4, -0.2) is 62.7 Å². The maximum absolute atomic E-state index is 11.7. The van der Waals surface area contributed by atoms with E-state index in [0.717, 1.165) is 25.9 Å². The van der Waals surface area contributed by atoms with Crippen molar-refractivity contribution in [1.82, 2.24) is 15.5 Å². The van der Waals surface area contributed by atoms with Gasteiger partial charge in [-0.3, -0.25) is 9.59 Å². The van der Waals surface area contributed by atoms with Crippen LogP contribution in [0.5, 0.6) is 0 Å². The molecule has 0 spiro atoms. The van der Waals surface area contributed by atoms with E-state index in [4.69, 9.17) is 4.74 Å². The number of carbonyl (C=O) groups is 2. The molecule has 2 N–H and O–H groups in total. The monoisotopic (exact) mass is 257 g/mol. The number of nitrogens with one attached hydrogen (secondary N) is 2. The Kier molecular flexibility index (Phi) is 6.67. The summed E-state index contributed by atoms with van der Waals surface area (Å²) in [5.41, 5.74) is 0. The van der Waals surface area contributed by atoms with Gasteiger partial charge >= 0.3 is 0 Å². The van der Waals surface area contributed by atoms with Crippen molar-refractivity contribution in [2.45, 2.75) is 25.9 Å². The lowest BCUT2D eigenvalue weighted by atomic mass is 10.1. The van der Waals surface area contributed by atoms with E-state index < -0.39 is 0 Å². The summed E-state index contributed by atoms with van der Waals surface area (Å²) < 4.78 is 5.54. The molecule has 0 aromatic heterocycles. The van der Waals surface area contributed by atoms with E-state index in [1.54, 1.807) is 7.05 Å². The van der Waals surface area contributed by atoms with Crippen LogP contribution in [0.15, 0.2) is 0 Å². The maximum atomic E-state index is 11.7. The number of ether oxygens (including phenoxy) is 1. The van der Waals surface area contributed by atoms with Crippen molar-refractivity contribution < 1.29 is 14.3 Å². The van der Waals surface area contributed by atoms with Crippen molar-refractivity contribution in [2.24, 2.45) is 0 Å². The molecule has 6 nitrogen and oxygen atoms in total. The van der Waals surface area contributed by atoms with Crippen molar-refractivity contribution in [1.29, 1.82) is 0 Å². The molecule has 0 aliphatic carbocycles. The van der Waals surface area contributed by atoms with Gasteiger partial charge in [-0.25, -0.2) is 0 Å². The maximum Gasteiger partial charge on any atom is 0.248 e. The number of rotatable bonds is 6. The first-order chi connectivity index (χ1) is 8.63. The number of hydrogen-bond acceptors (Lipinski definition) is 4. The minimum atomic E-state index is -0.153. The van der Waals surface area contributed by atoms with Gasteiger partial charge in [0.05, 0.1) is 12.6 Å². The first-order valence-electron chi connectivity index (χ1n) is 6.46. The lowest BCUT2D eigenvalue weighted by molar-refractivity contribution is -0.140. The molecular formula is C12H23N3O3. The summed E-state index contributed by atoms with van der Waals surface area (Å²) in [6.45, 7) is 4.44. The Balaban J connectivity index is 2.20. The Bertz CT molecular complexity index is 278. The number of amides is 2. The molecule has 0 saturated carbocycles. The Morgan fingerprint density at radius 3 is 2.67 bits per heavy atom. The van der Waals surface area contributed by atoms with Crippen LogP contribution >= 0.6 is 0 Å². The third-order valence-electron chi connectivity index (χ3n) is 2.91. The Morgan fingerprint density at radius 1 is 1.39 bits per heavy atom. The van der Waals surface area contributed by atoms with E-state index in [0.29, 0.717) is 6.54 Å². The molecular weight excluding hydrogens is 234 g/mol. The zero-order valence-electron chi connectivity index (χ0n) is 11.2. The van der Waals surface area contributed by atoms with Gasteiger partial charge in [0.2, 0.25) is 11.8 Å². The van der Waals surface area contributed by atoms with Gasteiger partial charge in [-0.15, -0.1) is 0 Å². The molecule has 0 aromatic carbocycles. The van der Waals surface area contributed by atoms with Crippen LogP contribution in [-0.2, 0) is 14.3 Å². The summed E-state index contributed by atoms with van der Waals surface area (Å²) in [5, 5.41) is 5.89. The van der Waals surface area contributed by atoms with E-state index in [1.807, 2.05) is 6.92 Å². The molecule has 1 saturated heterocycles. The minimum absolute atomic E-state index is 0.0561. The van der Waals surface area contributed by atoms with Crippen molar-refractivity contribution in [2.75, 3.05) is 39.8 Å². The normalized spacial score (nSPS) is 16.3. The van der Waals surface area contributed by atoms with Crippen LogP contribution in [0.1, 0.15) is 19.8 Å². The summed E-state index contributed by atoms with van der Waals surface area (Å²) >= 11 is 0. The van der Waals surface area contributed by atoms with Crippen LogP contribution in [0.2, 0.25) is 0 Å². The highest BCUT2D eigenvalue weighted by atomic mass is 16.5. The smallest absolute Gasteiger partial charge is 0.248 e. The standard InChI is InChI=1S/C12H23N3O3/c1-3-14-11(16)8-15(2)12(17)9-18-10-4-6-13-7-5-10/h10,13H,3-9H2,1-2H3,(H,14,16). The molecule has 2 amide bonds. The summed E-state index contributed by atoms with van der Waals surface area (Å²) in [5.74, 6) is -0.296. The fraction of sp³-hybridized carbons (Fsp3) is 0.833. The van der Waals surface area contributed by atoms with Crippen molar-refractivity contribution in [3.63, 3.8) is 0 Å². The van der Waals surface area contributed by atoms with Gasteiger partial charge in [0.15, 0.2) is 0 Å². The highest BCUT2D eigenvalue weighted by Gasteiger charge is 2.17. The lowest BCUT2D eigenvalue weighted by Crippen LogP contribution is -2.41. The van der Waals surface area contributed by atoms with Gasteiger partial charge in [0.1, 0.15) is 6.61 Å². The third-order valence-corrected chi connectivity index (χ3v) is 2.91. The lowest BCUT2D eigenvalue weighted by Gasteiger charge is -2.24. The second-order valence-electron chi connectivity index (χ2n) is 4.46. The summed E-state index contributed by atoms with van der Waals surface area (Å²) in [6, 6.07) is 0. The fourth-order valence-electron chi connectivity index (χ4n) is 1.82. The molecule has 104 valence electrons. The van der Waals surface area contributed by atoms with Gasteiger partial charge in [0, 0.05) is 13.6 Å². The van der Waals surface area contributed by atoms with Crippen LogP contribution in [0.4, 0.5) is 0 Å². The van der Waals surface area contributed by atoms with Gasteiger partial charge in [-0.2, -0.15) is 0 Å². The molecule has 18 heavy (non-hydrogen) atoms. The van der Waals surface area contributed by atoms with Crippen molar-refractivity contribution in [3.8, 4) is 0 Å². The van der Waals surface area contributed by atoms with Crippen molar-refractivity contribution in [3.05, 3.63) is 0 Å². The molecule has 0 aromatic rings. The highest BCUT2D eigenvalue weighted by molar-refractivity contribution is 5.85. The van der Waals surface area contributed by atoms with Crippen LogP contribution in [0, 0.1) is 0 Å². The van der Waals surface area contributed by atoms with Crippen LogP contribution in [0.25, 0.3) is 0 Å². The zero-order valence-corrected chi connectivity index (χ0v) is 11.2. The van der Waals surface area contributed by atoms with Crippen LogP contribution < -0.4 is 10.6 Å². The predicted molar refractivity (Wildman–Crippen MR) is 68.2 cm³/mol. The SMILES string of the molecule is CCNC(=O)CN(C)C(=O)COC1CCNCC1. The molecule has 1 fully saturated rings. The van der Waals surface area contributed by atoms with E-state index >= 15 is 0 Å². The topological polar surface area (TPSA) is 70.7 Å². The molecule has 0 radical (unpaired) electrons. The molecule has 0 atom stereocenters. The molecule has 1 rings (SSSR count). The third kappa shape index (κ3) is 5.46. The largest absolute Gasteiger partial charge is 0.368 e. The number of nitrogens with zero attached hydrogens (tertiary/aromatic N) is 1. The molecule has 1 aliphatic rings. The quantitative estimate of drug-likeness (QED) is 0.663. The average molecular weight is 257 g/mol. The minimum Gasteiger partial charge on any atom is -0.368 e. The Labute approximate surface area is 108 Å². The molecule has 1 aliphatic heterocycles. The van der Waals surface area contributed by atoms with Crippen LogP contribution in [0.3, 0.4) is 0 Å². The molecule has 0 unspecified atom stereocenters. The van der Waals surface area contributed by atoms with E-state index in [-0.39, 0.29) is 31.1 Å². The number of hydrogen-bond donors (Lipinski definition) is 2. The first kappa shape index (κ1) is 14.9. The number of likely N-dealkylation sites (N-methyl/N-ethyl adjacent to an activating group) is 2. The Morgan fingerprint density at radius 2 is 2.06 bits per heavy atom. The number of carbonyl (C=O) groups excluding carboxylic acids is 2. The second kappa shape index (κ2) is 8.05. The van der Waals surface area contributed by atoms with E-state index in [9.17, 15) is 9.59 Å². The van der Waals surface area contributed by atoms with Gasteiger partial charge in [-0.05, 0) is 32.9 Å². The van der Waals surface area contributed by atoms with Crippen molar-refractivity contribution >= 4 is 11.8 Å². The van der Waals surface area contributed by atoms with Gasteiger partial charge in [0.25, 0.3) is 0 Å². The summed E-state index contributed by atoms with van der Waals surface area (Å²) in [4.78, 5) is 24.4. The van der Waals surface area contributed by atoms with E-state index in [1.165, 1.54) is 4.90 Å². The summed E-state index contributed by atoms with van der Waals surface area (Å²) in [6.07, 6.45) is 2.04. The molecule has 1 heterocycles. The number of piperidine rings is 1. The van der Waals surface area contributed by atoms with Gasteiger partial charge < -0.3 is 20.3 Å². The van der Waals surface area contributed by atoms with E-state index in [2.05, 4.69) is 10.6 Å². The Hall–Kier alpha value is -1.14. The highest BCUT2D eigenvalue weighted by Crippen LogP contribution is 2.07. The zero-order chi connectivity index (χ0) is 13.4. The average Bonchev–Trinajstić information content (AvgIpc) is 2.37.